The molecule has 6 heteroatoms. The summed E-state index contributed by atoms with van der Waals surface area (Å²) < 4.78 is 11.8. The van der Waals surface area contributed by atoms with Crippen LogP contribution in [-0.4, -0.2) is 36.6 Å². The number of rotatable bonds is 8. The Kier molecular flexibility index (Phi) is 6.15. The second-order valence-electron chi connectivity index (χ2n) is 7.99. The molecule has 1 aromatic rings. The molecule has 1 amide bonds. The summed E-state index contributed by atoms with van der Waals surface area (Å²) in [6.07, 6.45) is 8.70. The van der Waals surface area contributed by atoms with Crippen LogP contribution in [0.5, 0.6) is 0 Å². The smallest absolute Gasteiger partial charge is 0.286 e. The standard InChI is InChI=1S/C21H29NO4S/c23-7-1-2-8-25-20-13-16(19-4-3-9-27-19)12-18(26-20)21(24)22-17-11-14-5-6-15(17)10-14/h3-4,9,12,14-17,20,23H,1-2,5-8,10-11,13H2,(H,22,24)/t14?,15?,16-,17?,20+/m0/s1. The molecule has 0 saturated heterocycles. The average molecular weight is 392 g/mol. The fourth-order valence-electron chi connectivity index (χ4n) is 4.71. The monoisotopic (exact) mass is 391 g/mol. The van der Waals surface area contributed by atoms with E-state index in [9.17, 15) is 4.79 Å². The van der Waals surface area contributed by atoms with E-state index in [-0.39, 0.29) is 18.4 Å². The van der Waals surface area contributed by atoms with E-state index in [1.807, 2.05) is 12.1 Å². The van der Waals surface area contributed by atoms with Crippen molar-refractivity contribution in [3.63, 3.8) is 0 Å². The Hall–Kier alpha value is -1.37. The van der Waals surface area contributed by atoms with Crippen LogP contribution in [0, 0.1) is 11.8 Å². The molecular formula is C21H29NO4S. The van der Waals surface area contributed by atoms with Crippen molar-refractivity contribution in [3.8, 4) is 0 Å². The Bertz CT molecular complexity index is 659. The van der Waals surface area contributed by atoms with Gasteiger partial charge in [0.1, 0.15) is 0 Å². The average Bonchev–Trinajstić information content (AvgIpc) is 3.43. The van der Waals surface area contributed by atoms with Gasteiger partial charge in [0.05, 0.1) is 6.61 Å². The maximum absolute atomic E-state index is 12.9. The molecule has 0 radical (unpaired) electrons. The van der Waals surface area contributed by atoms with E-state index in [2.05, 4.69) is 16.8 Å². The van der Waals surface area contributed by atoms with Crippen molar-refractivity contribution in [3.05, 3.63) is 34.2 Å². The Morgan fingerprint density at radius 3 is 2.93 bits per heavy atom. The molecule has 2 fully saturated rings. The van der Waals surface area contributed by atoms with Gasteiger partial charge in [0.15, 0.2) is 5.76 Å². The lowest BCUT2D eigenvalue weighted by atomic mass is 9.95. The Labute approximate surface area is 164 Å². The third kappa shape index (κ3) is 4.55. The van der Waals surface area contributed by atoms with Crippen LogP contribution in [0.3, 0.4) is 0 Å². The molecule has 3 unspecified atom stereocenters. The number of carbonyl (C=O) groups is 1. The third-order valence-electron chi connectivity index (χ3n) is 6.10. The number of hydrogen-bond donors (Lipinski definition) is 2. The maximum Gasteiger partial charge on any atom is 0.286 e. The number of ether oxygens (including phenoxy) is 2. The number of unbranched alkanes of at least 4 members (excludes halogenated alkanes) is 1. The summed E-state index contributed by atoms with van der Waals surface area (Å²) in [5.74, 6) is 1.87. The number of amides is 1. The van der Waals surface area contributed by atoms with Crippen LogP contribution in [-0.2, 0) is 14.3 Å². The molecule has 0 aromatic carbocycles. The predicted octanol–water partition coefficient (Wildman–Crippen LogP) is 3.56. The number of fused-ring (bicyclic) bond motifs is 2. The van der Waals surface area contributed by atoms with E-state index in [1.54, 1.807) is 11.3 Å². The molecule has 2 saturated carbocycles. The molecule has 148 valence electrons. The maximum atomic E-state index is 12.9. The SMILES string of the molecule is O=C(NC1CC2CCC1C2)C1=C[C@H](c2cccs2)C[C@H](OCCCCO)O1. The summed E-state index contributed by atoms with van der Waals surface area (Å²) in [6, 6.07) is 4.44. The molecule has 1 aromatic heterocycles. The molecule has 2 N–H and O–H groups in total. The van der Waals surface area contributed by atoms with Gasteiger partial charge in [-0.1, -0.05) is 12.5 Å². The van der Waals surface area contributed by atoms with Crippen molar-refractivity contribution >= 4 is 17.2 Å². The van der Waals surface area contributed by atoms with Crippen molar-refractivity contribution in [1.29, 1.82) is 0 Å². The first-order chi connectivity index (χ1) is 13.2. The van der Waals surface area contributed by atoms with Gasteiger partial charge < -0.3 is 19.9 Å². The highest BCUT2D eigenvalue weighted by Crippen LogP contribution is 2.44. The van der Waals surface area contributed by atoms with Crippen molar-refractivity contribution < 1.29 is 19.4 Å². The van der Waals surface area contributed by atoms with Crippen LogP contribution in [0.4, 0.5) is 0 Å². The van der Waals surface area contributed by atoms with Crippen LogP contribution >= 0.6 is 11.3 Å². The predicted molar refractivity (Wildman–Crippen MR) is 104 cm³/mol. The highest BCUT2D eigenvalue weighted by molar-refractivity contribution is 7.10. The fraction of sp³-hybridized carbons (Fsp3) is 0.667. The highest BCUT2D eigenvalue weighted by Gasteiger charge is 2.41. The van der Waals surface area contributed by atoms with E-state index in [0.717, 1.165) is 18.8 Å². The van der Waals surface area contributed by atoms with Gasteiger partial charge in [-0.2, -0.15) is 0 Å². The molecule has 27 heavy (non-hydrogen) atoms. The zero-order valence-corrected chi connectivity index (χ0v) is 16.5. The lowest BCUT2D eigenvalue weighted by Gasteiger charge is -2.30. The van der Waals surface area contributed by atoms with Crippen LogP contribution in [0.25, 0.3) is 0 Å². The zero-order chi connectivity index (χ0) is 18.6. The first-order valence-electron chi connectivity index (χ1n) is 10.2. The van der Waals surface area contributed by atoms with Gasteiger partial charge in [-0.3, -0.25) is 4.79 Å². The first kappa shape index (κ1) is 19.0. The van der Waals surface area contributed by atoms with E-state index in [1.165, 1.54) is 24.1 Å². The second-order valence-corrected chi connectivity index (χ2v) is 8.97. The normalized spacial score (nSPS) is 32.2. The quantitative estimate of drug-likeness (QED) is 0.665. The molecule has 2 aliphatic carbocycles. The molecule has 2 bridgehead atoms. The van der Waals surface area contributed by atoms with E-state index in [0.29, 0.717) is 37.2 Å². The summed E-state index contributed by atoms with van der Waals surface area (Å²) in [5.41, 5.74) is 0. The molecular weight excluding hydrogens is 362 g/mol. The second kappa shape index (κ2) is 8.76. The summed E-state index contributed by atoms with van der Waals surface area (Å²) in [4.78, 5) is 14.1. The zero-order valence-electron chi connectivity index (χ0n) is 15.6. The van der Waals surface area contributed by atoms with Crippen molar-refractivity contribution in [2.75, 3.05) is 13.2 Å². The fourth-order valence-corrected chi connectivity index (χ4v) is 5.52. The van der Waals surface area contributed by atoms with Crippen molar-refractivity contribution in [2.45, 2.75) is 63.2 Å². The molecule has 2 heterocycles. The summed E-state index contributed by atoms with van der Waals surface area (Å²) in [7, 11) is 0. The Morgan fingerprint density at radius 2 is 2.22 bits per heavy atom. The van der Waals surface area contributed by atoms with Gasteiger partial charge in [-0.15, -0.1) is 11.3 Å². The van der Waals surface area contributed by atoms with Crippen molar-refractivity contribution in [2.24, 2.45) is 11.8 Å². The topological polar surface area (TPSA) is 67.8 Å². The van der Waals surface area contributed by atoms with Gasteiger partial charge in [-0.25, -0.2) is 0 Å². The number of aliphatic hydroxyl groups excluding tert-OH is 1. The van der Waals surface area contributed by atoms with Gasteiger partial charge in [0, 0.05) is 29.9 Å². The lowest BCUT2D eigenvalue weighted by molar-refractivity contribution is -0.147. The minimum Gasteiger partial charge on any atom is -0.459 e. The van der Waals surface area contributed by atoms with Crippen LogP contribution in [0.2, 0.25) is 0 Å². The number of hydrogen-bond acceptors (Lipinski definition) is 5. The lowest BCUT2D eigenvalue weighted by Crippen LogP contribution is -2.41. The van der Waals surface area contributed by atoms with Gasteiger partial charge >= 0.3 is 0 Å². The van der Waals surface area contributed by atoms with Crippen LogP contribution < -0.4 is 5.32 Å². The van der Waals surface area contributed by atoms with Crippen LogP contribution in [0.1, 0.15) is 55.7 Å². The number of aliphatic hydroxyl groups is 1. The molecule has 1 aliphatic heterocycles. The van der Waals surface area contributed by atoms with Gasteiger partial charge in [-0.05, 0) is 61.5 Å². The van der Waals surface area contributed by atoms with E-state index in [4.69, 9.17) is 14.6 Å². The summed E-state index contributed by atoms with van der Waals surface area (Å²) in [6.45, 7) is 0.702. The first-order valence-corrected chi connectivity index (χ1v) is 11.1. The summed E-state index contributed by atoms with van der Waals surface area (Å²) >= 11 is 1.70. The minimum absolute atomic E-state index is 0.0993. The third-order valence-corrected chi connectivity index (χ3v) is 7.10. The summed E-state index contributed by atoms with van der Waals surface area (Å²) in [5, 5.41) is 14.2. The van der Waals surface area contributed by atoms with E-state index < -0.39 is 6.29 Å². The largest absolute Gasteiger partial charge is 0.459 e. The molecule has 0 spiro atoms. The Morgan fingerprint density at radius 1 is 1.30 bits per heavy atom. The molecule has 5 atom stereocenters. The van der Waals surface area contributed by atoms with Crippen molar-refractivity contribution in [1.82, 2.24) is 5.32 Å². The number of allylic oxidation sites excluding steroid dienone is 1. The Balaban J connectivity index is 1.41. The van der Waals surface area contributed by atoms with E-state index >= 15 is 0 Å². The number of carbonyl (C=O) groups excluding carboxylic acids is 1. The minimum atomic E-state index is -0.415. The van der Waals surface area contributed by atoms with Crippen LogP contribution in [0.15, 0.2) is 29.3 Å². The van der Waals surface area contributed by atoms with Gasteiger partial charge in [0.25, 0.3) is 5.91 Å². The number of nitrogens with one attached hydrogen (secondary N) is 1. The molecule has 5 nitrogen and oxygen atoms in total. The molecule has 3 aliphatic rings. The van der Waals surface area contributed by atoms with Gasteiger partial charge in [0.2, 0.25) is 6.29 Å². The number of thiophene rings is 1. The molecule has 4 rings (SSSR count). The highest BCUT2D eigenvalue weighted by atomic mass is 32.1.